The minimum atomic E-state index is -0.513. The normalized spacial score (nSPS) is 18.1. The van der Waals surface area contributed by atoms with E-state index in [4.69, 9.17) is 5.10 Å². The van der Waals surface area contributed by atoms with E-state index in [1.54, 1.807) is 66.9 Å². The quantitative estimate of drug-likeness (QED) is 0.366. The van der Waals surface area contributed by atoms with E-state index < -0.39 is 11.5 Å². The van der Waals surface area contributed by atoms with E-state index in [-0.39, 0.29) is 23.0 Å². The van der Waals surface area contributed by atoms with Crippen molar-refractivity contribution < 1.29 is 8.78 Å². The van der Waals surface area contributed by atoms with Gasteiger partial charge >= 0.3 is 5.69 Å². The van der Waals surface area contributed by atoms with Crippen LogP contribution in [-0.4, -0.2) is 46.7 Å². The van der Waals surface area contributed by atoms with E-state index in [1.807, 2.05) is 11.8 Å². The van der Waals surface area contributed by atoms with Gasteiger partial charge in [-0.2, -0.15) is 22.0 Å². The molecule has 200 valence electrons. The van der Waals surface area contributed by atoms with Crippen molar-refractivity contribution in [3.63, 3.8) is 0 Å². The second kappa shape index (κ2) is 8.40. The van der Waals surface area contributed by atoms with Gasteiger partial charge in [0.15, 0.2) is 5.82 Å². The molecule has 1 saturated heterocycles. The number of nitrogens with one attached hydrogen (secondary N) is 1. The molecule has 7 rings (SSSR count). The average molecular weight is 548 g/mol. The number of hydrogen-bond acceptors (Lipinski definition) is 5. The minimum Gasteiger partial charge on any atom is -0.309 e. The number of aromatic nitrogens is 6. The van der Waals surface area contributed by atoms with Crippen LogP contribution in [0.2, 0.25) is 0 Å². The highest BCUT2D eigenvalue weighted by Gasteiger charge is 2.48. The van der Waals surface area contributed by atoms with E-state index in [2.05, 4.69) is 17.3 Å². The number of rotatable bonds is 3. The lowest BCUT2D eigenvalue weighted by atomic mass is 9.80. The van der Waals surface area contributed by atoms with Crippen molar-refractivity contribution >= 4 is 22.7 Å². The molecule has 0 amide bonds. The summed E-state index contributed by atoms with van der Waals surface area (Å²) in [6.45, 7) is 6.32. The fraction of sp³-hybridized carbons (Fsp3) is 0.321. The highest BCUT2D eigenvalue weighted by atomic mass is 32.2. The van der Waals surface area contributed by atoms with Crippen molar-refractivity contribution in [2.45, 2.75) is 32.2 Å². The number of benzene rings is 2. The second-order valence-corrected chi connectivity index (χ2v) is 11.7. The first-order chi connectivity index (χ1) is 18.7. The van der Waals surface area contributed by atoms with Crippen molar-refractivity contribution in [1.82, 2.24) is 34.0 Å². The minimum absolute atomic E-state index is 0.0682. The summed E-state index contributed by atoms with van der Waals surface area (Å²) < 4.78 is 36.3. The van der Waals surface area contributed by atoms with Crippen molar-refractivity contribution in [3.8, 4) is 17.2 Å². The molecule has 8 nitrogen and oxygen atoms in total. The Morgan fingerprint density at radius 3 is 2.49 bits per heavy atom. The van der Waals surface area contributed by atoms with Crippen LogP contribution in [0.3, 0.4) is 0 Å². The number of thioether (sulfide) groups is 1. The summed E-state index contributed by atoms with van der Waals surface area (Å²) in [5.41, 5.74) is 3.81. The zero-order valence-corrected chi connectivity index (χ0v) is 22.8. The highest BCUT2D eigenvalue weighted by molar-refractivity contribution is 8.00. The summed E-state index contributed by atoms with van der Waals surface area (Å²) in [6, 6.07) is 6.78. The van der Waals surface area contributed by atoms with Crippen LogP contribution in [0.25, 0.3) is 28.1 Å². The maximum atomic E-state index is 15.6. The third-order valence-electron chi connectivity index (χ3n) is 8.11. The lowest BCUT2D eigenvalue weighted by Gasteiger charge is -2.44. The standard InChI is InChI=1S/C28H27F2N7OS/c1-15-9-18(10-16(2)23(15)29)37-26(22-17(3)31-12-28(13-39-14-28)25(22)33-37)36-8-7-35(27(36)38)21-6-5-20-19(24(21)30)11-32-34(20)4/h5-11,17,31H,12-14H2,1-4H3/t17-/m0/s1. The highest BCUT2D eigenvalue weighted by Crippen LogP contribution is 2.47. The summed E-state index contributed by atoms with van der Waals surface area (Å²) in [5.74, 6) is 1.68. The molecule has 1 fully saturated rings. The fourth-order valence-electron chi connectivity index (χ4n) is 5.88. The number of fused-ring (bicyclic) bond motifs is 3. The predicted octanol–water partition coefficient (Wildman–Crippen LogP) is 4.24. The van der Waals surface area contributed by atoms with Crippen LogP contribution in [0.15, 0.2) is 47.7 Å². The summed E-state index contributed by atoms with van der Waals surface area (Å²) >= 11 is 1.87. The molecule has 3 aromatic heterocycles. The van der Waals surface area contributed by atoms with Crippen LogP contribution >= 0.6 is 11.8 Å². The number of halogens is 2. The SMILES string of the molecule is Cc1cc(-n2nc3c(c2-n2ccn(-c4ccc5c(cnn5C)c4F)c2=O)[C@H](C)NCC32CSC2)cc(C)c1F. The Labute approximate surface area is 227 Å². The summed E-state index contributed by atoms with van der Waals surface area (Å²) in [5, 5.41) is 13.2. The Bertz CT molecular complexity index is 1840. The molecule has 1 N–H and O–H groups in total. The van der Waals surface area contributed by atoms with Crippen molar-refractivity contribution in [2.24, 2.45) is 7.05 Å². The average Bonchev–Trinajstić information content (AvgIpc) is 3.58. The summed E-state index contributed by atoms with van der Waals surface area (Å²) in [6.07, 6.45) is 4.68. The fourth-order valence-corrected chi connectivity index (χ4v) is 7.06. The molecule has 0 radical (unpaired) electrons. The molecule has 0 unspecified atom stereocenters. The molecule has 0 aliphatic carbocycles. The molecule has 1 atom stereocenters. The van der Waals surface area contributed by atoms with Crippen LogP contribution in [0, 0.1) is 25.5 Å². The molecule has 0 saturated carbocycles. The maximum absolute atomic E-state index is 15.6. The molecule has 2 aliphatic rings. The van der Waals surface area contributed by atoms with Crippen LogP contribution < -0.4 is 11.0 Å². The van der Waals surface area contributed by atoms with Crippen LogP contribution in [0.5, 0.6) is 0 Å². The van der Waals surface area contributed by atoms with Crippen molar-refractivity contribution in [1.29, 1.82) is 0 Å². The van der Waals surface area contributed by atoms with Gasteiger partial charge in [0.2, 0.25) is 0 Å². The number of nitrogens with zero attached hydrogens (tertiary/aromatic N) is 6. The van der Waals surface area contributed by atoms with Crippen LogP contribution in [-0.2, 0) is 12.5 Å². The van der Waals surface area contributed by atoms with E-state index >= 15 is 4.39 Å². The third kappa shape index (κ3) is 3.35. The number of hydrogen-bond donors (Lipinski definition) is 1. The molecule has 5 aromatic rings. The number of aryl methyl sites for hydroxylation is 3. The molecule has 5 heterocycles. The first kappa shape index (κ1) is 24.3. The van der Waals surface area contributed by atoms with E-state index in [9.17, 15) is 9.18 Å². The van der Waals surface area contributed by atoms with Gasteiger partial charge in [0.05, 0.1) is 34.2 Å². The van der Waals surface area contributed by atoms with Gasteiger partial charge in [-0.05, 0) is 56.2 Å². The lowest BCUT2D eigenvalue weighted by molar-refractivity contribution is 0.383. The Hall–Kier alpha value is -3.70. The number of imidazole rings is 1. The largest absolute Gasteiger partial charge is 0.338 e. The Balaban J connectivity index is 1.48. The van der Waals surface area contributed by atoms with Gasteiger partial charge in [-0.25, -0.2) is 18.3 Å². The molecule has 2 aromatic carbocycles. The maximum Gasteiger partial charge on any atom is 0.338 e. The molecule has 39 heavy (non-hydrogen) atoms. The van der Waals surface area contributed by atoms with Gasteiger partial charge in [0.1, 0.15) is 11.6 Å². The third-order valence-corrected chi connectivity index (χ3v) is 9.62. The monoisotopic (exact) mass is 547 g/mol. The Kier molecular flexibility index (Phi) is 5.24. The summed E-state index contributed by atoms with van der Waals surface area (Å²) in [4.78, 5) is 14.0. The van der Waals surface area contributed by atoms with Gasteiger partial charge in [-0.3, -0.25) is 13.8 Å². The second-order valence-electron chi connectivity index (χ2n) is 10.7. The zero-order chi connectivity index (χ0) is 27.2. The van der Waals surface area contributed by atoms with Crippen molar-refractivity contribution in [2.75, 3.05) is 18.1 Å². The lowest BCUT2D eigenvalue weighted by Crippen LogP contribution is -2.53. The van der Waals surface area contributed by atoms with Gasteiger partial charge in [0, 0.05) is 54.5 Å². The van der Waals surface area contributed by atoms with E-state index in [0.717, 1.165) is 29.3 Å². The van der Waals surface area contributed by atoms with Crippen molar-refractivity contribution in [3.05, 3.63) is 87.4 Å². The van der Waals surface area contributed by atoms with Gasteiger partial charge in [-0.15, -0.1) is 0 Å². The van der Waals surface area contributed by atoms with Gasteiger partial charge in [0.25, 0.3) is 0 Å². The molecule has 2 aliphatic heterocycles. The first-order valence-electron chi connectivity index (χ1n) is 12.8. The first-order valence-corrected chi connectivity index (χ1v) is 14.0. The van der Waals surface area contributed by atoms with E-state index in [1.165, 1.54) is 15.3 Å². The molecule has 11 heteroatoms. The Morgan fingerprint density at radius 2 is 1.79 bits per heavy atom. The smallest absolute Gasteiger partial charge is 0.309 e. The topological polar surface area (TPSA) is 74.6 Å². The molecular formula is C28H27F2N7OS. The van der Waals surface area contributed by atoms with Gasteiger partial charge < -0.3 is 5.32 Å². The molecular weight excluding hydrogens is 520 g/mol. The molecule has 0 bridgehead atoms. The zero-order valence-electron chi connectivity index (χ0n) is 22.0. The van der Waals surface area contributed by atoms with Crippen LogP contribution in [0.1, 0.15) is 35.3 Å². The van der Waals surface area contributed by atoms with E-state index in [0.29, 0.717) is 33.5 Å². The predicted molar refractivity (Wildman–Crippen MR) is 148 cm³/mol. The van der Waals surface area contributed by atoms with Gasteiger partial charge in [-0.1, -0.05) is 0 Å². The summed E-state index contributed by atoms with van der Waals surface area (Å²) in [7, 11) is 1.75. The Morgan fingerprint density at radius 1 is 1.08 bits per heavy atom. The van der Waals surface area contributed by atoms with Crippen LogP contribution in [0.4, 0.5) is 8.78 Å². The molecule has 1 spiro atoms.